The highest BCUT2D eigenvalue weighted by molar-refractivity contribution is 5.74. The summed E-state index contributed by atoms with van der Waals surface area (Å²) < 4.78 is 5.06. The van der Waals surface area contributed by atoms with Crippen LogP contribution in [0.25, 0.3) is 0 Å². The molecule has 2 fully saturated rings. The molecule has 0 radical (unpaired) electrons. The molecule has 0 amide bonds. The summed E-state index contributed by atoms with van der Waals surface area (Å²) >= 11 is 0. The SMILES string of the molecule is C=CCOC(=O)[C@@H]1[C@H]2CC[C@@H](C[C@@H]1O)N2C. The minimum atomic E-state index is -0.550. The number of piperidine rings is 1. The van der Waals surface area contributed by atoms with Crippen LogP contribution in [0.1, 0.15) is 19.3 Å². The third-order valence-corrected chi connectivity index (χ3v) is 3.85. The molecule has 4 atom stereocenters. The summed E-state index contributed by atoms with van der Waals surface area (Å²) in [4.78, 5) is 14.1. The highest BCUT2D eigenvalue weighted by atomic mass is 16.5. The number of aliphatic hydroxyl groups is 1. The molecule has 90 valence electrons. The van der Waals surface area contributed by atoms with Gasteiger partial charge in [-0.25, -0.2) is 0 Å². The van der Waals surface area contributed by atoms with E-state index in [1.165, 1.54) is 0 Å². The number of hydrogen-bond acceptors (Lipinski definition) is 4. The van der Waals surface area contributed by atoms with Gasteiger partial charge in [-0.05, 0) is 26.3 Å². The zero-order valence-electron chi connectivity index (χ0n) is 9.63. The number of nitrogens with zero attached hydrogens (tertiary/aromatic N) is 1. The normalized spacial score (nSPS) is 38.4. The summed E-state index contributed by atoms with van der Waals surface area (Å²) in [6, 6.07) is 0.578. The highest BCUT2D eigenvalue weighted by Gasteiger charge is 2.48. The molecule has 0 unspecified atom stereocenters. The fraction of sp³-hybridized carbons (Fsp3) is 0.750. The van der Waals surface area contributed by atoms with Gasteiger partial charge in [-0.3, -0.25) is 9.69 Å². The van der Waals surface area contributed by atoms with Gasteiger partial charge >= 0.3 is 5.97 Å². The van der Waals surface area contributed by atoms with Crippen molar-refractivity contribution in [2.45, 2.75) is 37.5 Å². The molecule has 0 saturated carbocycles. The van der Waals surface area contributed by atoms with Crippen LogP contribution in [0.15, 0.2) is 12.7 Å². The molecule has 16 heavy (non-hydrogen) atoms. The van der Waals surface area contributed by atoms with Crippen LogP contribution in [0, 0.1) is 5.92 Å². The Kier molecular flexibility index (Phi) is 3.30. The number of carbonyl (C=O) groups excluding carboxylic acids is 1. The van der Waals surface area contributed by atoms with E-state index in [0.717, 1.165) is 12.8 Å². The fourth-order valence-electron chi connectivity index (χ4n) is 2.99. The van der Waals surface area contributed by atoms with E-state index in [0.29, 0.717) is 12.5 Å². The van der Waals surface area contributed by atoms with E-state index in [9.17, 15) is 9.90 Å². The smallest absolute Gasteiger partial charge is 0.313 e. The molecule has 2 saturated heterocycles. The average Bonchev–Trinajstić information content (AvgIpc) is 2.51. The van der Waals surface area contributed by atoms with Gasteiger partial charge in [0.1, 0.15) is 6.61 Å². The Morgan fingerprint density at radius 1 is 1.62 bits per heavy atom. The number of rotatable bonds is 3. The van der Waals surface area contributed by atoms with Crippen LogP contribution in [-0.4, -0.2) is 47.8 Å². The van der Waals surface area contributed by atoms with Crippen LogP contribution in [-0.2, 0) is 9.53 Å². The number of esters is 1. The largest absolute Gasteiger partial charge is 0.461 e. The molecule has 0 aromatic rings. The van der Waals surface area contributed by atoms with Crippen LogP contribution in [0.4, 0.5) is 0 Å². The zero-order chi connectivity index (χ0) is 11.7. The zero-order valence-corrected chi connectivity index (χ0v) is 9.63. The van der Waals surface area contributed by atoms with Crippen molar-refractivity contribution in [2.24, 2.45) is 5.92 Å². The summed E-state index contributed by atoms with van der Waals surface area (Å²) in [5, 5.41) is 9.98. The molecule has 0 spiro atoms. The highest BCUT2D eigenvalue weighted by Crippen LogP contribution is 2.38. The van der Waals surface area contributed by atoms with Gasteiger partial charge < -0.3 is 9.84 Å². The lowest BCUT2D eigenvalue weighted by molar-refractivity contribution is -0.157. The molecular weight excluding hydrogens is 206 g/mol. The summed E-state index contributed by atoms with van der Waals surface area (Å²) in [6.45, 7) is 3.73. The molecule has 2 rings (SSSR count). The van der Waals surface area contributed by atoms with Crippen molar-refractivity contribution in [1.82, 2.24) is 4.90 Å². The van der Waals surface area contributed by atoms with Crippen LogP contribution in [0.2, 0.25) is 0 Å². The molecule has 1 N–H and O–H groups in total. The maximum atomic E-state index is 11.8. The van der Waals surface area contributed by atoms with Crippen molar-refractivity contribution in [1.29, 1.82) is 0 Å². The first-order valence-corrected chi connectivity index (χ1v) is 5.82. The Morgan fingerprint density at radius 3 is 3.06 bits per heavy atom. The third kappa shape index (κ3) is 1.87. The Morgan fingerprint density at radius 2 is 2.38 bits per heavy atom. The van der Waals surface area contributed by atoms with E-state index >= 15 is 0 Å². The summed E-state index contributed by atoms with van der Waals surface area (Å²) in [7, 11) is 2.03. The predicted octanol–water partition coefficient (Wildman–Crippen LogP) is 0.559. The van der Waals surface area contributed by atoms with Crippen molar-refractivity contribution in [3.63, 3.8) is 0 Å². The van der Waals surface area contributed by atoms with Gasteiger partial charge in [-0.2, -0.15) is 0 Å². The molecule has 4 heteroatoms. The van der Waals surface area contributed by atoms with Gasteiger partial charge in [-0.1, -0.05) is 12.7 Å². The Labute approximate surface area is 95.9 Å². The first-order valence-electron chi connectivity index (χ1n) is 5.82. The topological polar surface area (TPSA) is 49.8 Å². The van der Waals surface area contributed by atoms with E-state index in [1.54, 1.807) is 6.08 Å². The van der Waals surface area contributed by atoms with E-state index < -0.39 is 6.10 Å². The lowest BCUT2D eigenvalue weighted by atomic mass is 9.88. The number of ether oxygens (including phenoxy) is 1. The monoisotopic (exact) mass is 225 g/mol. The molecule has 2 heterocycles. The summed E-state index contributed by atoms with van der Waals surface area (Å²) in [5.41, 5.74) is 0. The number of hydrogen-bond donors (Lipinski definition) is 1. The molecule has 0 aliphatic carbocycles. The number of fused-ring (bicyclic) bond motifs is 2. The van der Waals surface area contributed by atoms with Gasteiger partial charge in [0, 0.05) is 12.1 Å². The van der Waals surface area contributed by atoms with Gasteiger partial charge in [0.25, 0.3) is 0 Å². The standard InChI is InChI=1S/C12H19NO3/c1-3-6-16-12(15)11-9-5-4-8(13(9)2)7-10(11)14/h3,8-11,14H,1,4-7H2,2H3/t8-,9+,10-,11+/m0/s1. The third-order valence-electron chi connectivity index (χ3n) is 3.85. The second kappa shape index (κ2) is 4.55. The maximum Gasteiger partial charge on any atom is 0.313 e. The summed E-state index contributed by atoms with van der Waals surface area (Å²) in [6.07, 6.45) is 3.73. The lowest BCUT2D eigenvalue weighted by Crippen LogP contribution is -2.52. The first-order chi connectivity index (χ1) is 7.65. The Hall–Kier alpha value is -0.870. The average molecular weight is 225 g/mol. The molecule has 2 aliphatic heterocycles. The molecule has 4 nitrogen and oxygen atoms in total. The van der Waals surface area contributed by atoms with Crippen molar-refractivity contribution < 1.29 is 14.6 Å². The molecule has 0 aromatic heterocycles. The van der Waals surface area contributed by atoms with Crippen LogP contribution >= 0.6 is 0 Å². The molecule has 2 aliphatic rings. The van der Waals surface area contributed by atoms with Gasteiger partial charge in [0.2, 0.25) is 0 Å². The van der Waals surface area contributed by atoms with E-state index in [4.69, 9.17) is 4.74 Å². The van der Waals surface area contributed by atoms with Crippen molar-refractivity contribution in [2.75, 3.05) is 13.7 Å². The number of carbonyl (C=O) groups is 1. The summed E-state index contributed by atoms with van der Waals surface area (Å²) in [5.74, 6) is -0.673. The Balaban J connectivity index is 2.06. The van der Waals surface area contributed by atoms with Gasteiger partial charge in [0.05, 0.1) is 12.0 Å². The van der Waals surface area contributed by atoms with E-state index in [-0.39, 0.29) is 24.5 Å². The van der Waals surface area contributed by atoms with Crippen LogP contribution in [0.5, 0.6) is 0 Å². The van der Waals surface area contributed by atoms with Crippen molar-refractivity contribution >= 4 is 5.97 Å². The molecule has 2 bridgehead atoms. The predicted molar refractivity (Wildman–Crippen MR) is 59.8 cm³/mol. The minimum Gasteiger partial charge on any atom is -0.461 e. The number of aliphatic hydroxyl groups excluding tert-OH is 1. The quantitative estimate of drug-likeness (QED) is 0.563. The second-order valence-electron chi connectivity index (χ2n) is 4.71. The van der Waals surface area contributed by atoms with Crippen molar-refractivity contribution in [3.8, 4) is 0 Å². The minimum absolute atomic E-state index is 0.145. The van der Waals surface area contributed by atoms with Crippen molar-refractivity contribution in [3.05, 3.63) is 12.7 Å². The molecule has 0 aromatic carbocycles. The lowest BCUT2D eigenvalue weighted by Gasteiger charge is -2.39. The van der Waals surface area contributed by atoms with E-state index in [2.05, 4.69) is 11.5 Å². The van der Waals surface area contributed by atoms with Gasteiger partial charge in [0.15, 0.2) is 0 Å². The van der Waals surface area contributed by atoms with Gasteiger partial charge in [-0.15, -0.1) is 0 Å². The molecular formula is C12H19NO3. The van der Waals surface area contributed by atoms with E-state index in [1.807, 2.05) is 7.05 Å². The maximum absolute atomic E-state index is 11.8. The fourth-order valence-corrected chi connectivity index (χ4v) is 2.99. The first kappa shape index (κ1) is 11.6. The Bertz CT molecular complexity index is 292. The van der Waals surface area contributed by atoms with Crippen LogP contribution in [0.3, 0.4) is 0 Å². The van der Waals surface area contributed by atoms with Crippen LogP contribution < -0.4 is 0 Å². The second-order valence-corrected chi connectivity index (χ2v) is 4.71.